The van der Waals surface area contributed by atoms with Crippen LogP contribution in [0.1, 0.15) is 53.0 Å². The third-order valence-corrected chi connectivity index (χ3v) is 4.03. The first-order valence-corrected chi connectivity index (χ1v) is 8.83. The fourth-order valence-electron chi connectivity index (χ4n) is 2.76. The number of hydrogen-bond acceptors (Lipinski definition) is 4. The molecule has 2 rings (SSSR count). The van der Waals surface area contributed by atoms with Crippen molar-refractivity contribution in [1.29, 1.82) is 0 Å². The molecule has 2 N–H and O–H groups in total. The lowest BCUT2D eigenvalue weighted by molar-refractivity contribution is 0.0506. The summed E-state index contributed by atoms with van der Waals surface area (Å²) in [5, 5.41) is 6.33. The molecule has 1 aliphatic heterocycles. The van der Waals surface area contributed by atoms with Gasteiger partial charge in [-0.3, -0.25) is 0 Å². The zero-order chi connectivity index (χ0) is 17.7. The Labute approximate surface area is 145 Å². The number of anilines is 1. The molecular weight excluding hydrogens is 304 g/mol. The first-order valence-electron chi connectivity index (χ1n) is 8.83. The van der Waals surface area contributed by atoms with E-state index in [0.717, 1.165) is 30.7 Å². The van der Waals surface area contributed by atoms with Gasteiger partial charge in [0.2, 0.25) is 0 Å². The number of fused-ring (bicyclic) bond motifs is 1. The monoisotopic (exact) mass is 334 g/mol. The number of nitrogens with one attached hydrogen (secondary N) is 2. The van der Waals surface area contributed by atoms with Crippen LogP contribution in [0.3, 0.4) is 0 Å². The summed E-state index contributed by atoms with van der Waals surface area (Å²) in [5.41, 5.74) is 1.83. The van der Waals surface area contributed by atoms with Gasteiger partial charge in [-0.15, -0.1) is 0 Å². The molecule has 5 nitrogen and oxygen atoms in total. The van der Waals surface area contributed by atoms with E-state index in [0.29, 0.717) is 12.6 Å². The first-order chi connectivity index (χ1) is 11.3. The largest absolute Gasteiger partial charge is 0.488 e. The SMILES string of the molecule is CCC(CC)Nc1ccc2c(c1)CC(CNC(=O)OC(C)(C)C)O2. The third kappa shape index (κ3) is 5.32. The van der Waals surface area contributed by atoms with E-state index in [-0.39, 0.29) is 6.10 Å². The number of rotatable bonds is 6. The number of alkyl carbamates (subject to hydrolysis) is 1. The first kappa shape index (κ1) is 18.4. The van der Waals surface area contributed by atoms with Crippen LogP contribution in [0.2, 0.25) is 0 Å². The number of hydrogen-bond donors (Lipinski definition) is 2. The zero-order valence-corrected chi connectivity index (χ0v) is 15.4. The summed E-state index contributed by atoms with van der Waals surface area (Å²) in [5.74, 6) is 0.904. The Morgan fingerprint density at radius 1 is 1.33 bits per heavy atom. The summed E-state index contributed by atoms with van der Waals surface area (Å²) in [7, 11) is 0. The van der Waals surface area contributed by atoms with Crippen LogP contribution >= 0.6 is 0 Å². The van der Waals surface area contributed by atoms with Crippen LogP contribution in [-0.2, 0) is 11.2 Å². The minimum atomic E-state index is -0.487. The molecule has 5 heteroatoms. The Balaban J connectivity index is 1.87. The van der Waals surface area contributed by atoms with E-state index >= 15 is 0 Å². The fourth-order valence-corrected chi connectivity index (χ4v) is 2.76. The molecule has 0 radical (unpaired) electrons. The van der Waals surface area contributed by atoms with Gasteiger partial charge < -0.3 is 20.1 Å². The van der Waals surface area contributed by atoms with Crippen molar-refractivity contribution in [3.05, 3.63) is 23.8 Å². The van der Waals surface area contributed by atoms with Gasteiger partial charge in [-0.2, -0.15) is 0 Å². The number of carbonyl (C=O) groups is 1. The highest BCUT2D eigenvalue weighted by Gasteiger charge is 2.25. The Kier molecular flexibility index (Phi) is 5.97. The highest BCUT2D eigenvalue weighted by Crippen LogP contribution is 2.31. The maximum absolute atomic E-state index is 11.7. The molecule has 1 aromatic carbocycles. The molecule has 134 valence electrons. The smallest absolute Gasteiger partial charge is 0.407 e. The molecule has 1 aliphatic rings. The molecular formula is C19H30N2O3. The van der Waals surface area contributed by atoms with Gasteiger partial charge in [-0.1, -0.05) is 13.8 Å². The van der Waals surface area contributed by atoms with Gasteiger partial charge in [0.05, 0.1) is 6.54 Å². The molecule has 0 spiro atoms. The van der Waals surface area contributed by atoms with Gasteiger partial charge in [0, 0.05) is 18.2 Å². The lowest BCUT2D eigenvalue weighted by Gasteiger charge is -2.20. The minimum absolute atomic E-state index is 0.0454. The molecule has 1 heterocycles. The van der Waals surface area contributed by atoms with Crippen LogP contribution in [0.15, 0.2) is 18.2 Å². The van der Waals surface area contributed by atoms with Crippen LogP contribution in [0, 0.1) is 0 Å². The van der Waals surface area contributed by atoms with Gasteiger partial charge in [-0.05, 0) is 57.4 Å². The van der Waals surface area contributed by atoms with E-state index in [1.165, 1.54) is 5.56 Å². The molecule has 0 saturated heterocycles. The predicted octanol–water partition coefficient (Wildman–Crippen LogP) is 4.12. The molecule has 1 aromatic rings. The van der Waals surface area contributed by atoms with Gasteiger partial charge in [0.1, 0.15) is 17.5 Å². The average molecular weight is 334 g/mol. The normalized spacial score (nSPS) is 16.5. The van der Waals surface area contributed by atoms with Crippen molar-refractivity contribution >= 4 is 11.8 Å². The van der Waals surface area contributed by atoms with E-state index in [1.807, 2.05) is 26.8 Å². The molecule has 0 saturated carbocycles. The van der Waals surface area contributed by atoms with Crippen molar-refractivity contribution in [2.24, 2.45) is 0 Å². The Bertz CT molecular complexity index is 562. The molecule has 1 amide bonds. The van der Waals surface area contributed by atoms with Gasteiger partial charge >= 0.3 is 6.09 Å². The minimum Gasteiger partial charge on any atom is -0.488 e. The highest BCUT2D eigenvalue weighted by molar-refractivity contribution is 5.67. The standard InChI is InChI=1S/C19H30N2O3/c1-6-14(7-2)21-15-8-9-17-13(10-15)11-16(23-17)12-20-18(22)24-19(3,4)5/h8-10,14,16,21H,6-7,11-12H2,1-5H3,(H,20,22). The van der Waals surface area contributed by atoms with Crippen LogP contribution in [-0.4, -0.2) is 30.4 Å². The second kappa shape index (κ2) is 7.77. The van der Waals surface area contributed by atoms with Crippen molar-refractivity contribution in [1.82, 2.24) is 5.32 Å². The molecule has 1 unspecified atom stereocenters. The summed E-state index contributed by atoms with van der Waals surface area (Å²) in [6, 6.07) is 6.71. The number of ether oxygens (including phenoxy) is 2. The molecule has 0 aliphatic carbocycles. The van der Waals surface area contributed by atoms with Crippen molar-refractivity contribution < 1.29 is 14.3 Å². The summed E-state index contributed by atoms with van der Waals surface area (Å²) in [6.07, 6.45) is 2.55. The van der Waals surface area contributed by atoms with Crippen LogP contribution in [0.5, 0.6) is 5.75 Å². The van der Waals surface area contributed by atoms with Crippen molar-refractivity contribution in [3.8, 4) is 5.75 Å². The molecule has 24 heavy (non-hydrogen) atoms. The van der Waals surface area contributed by atoms with Crippen LogP contribution in [0.25, 0.3) is 0 Å². The number of amides is 1. The summed E-state index contributed by atoms with van der Waals surface area (Å²) in [6.45, 7) is 10.4. The van der Waals surface area contributed by atoms with E-state index in [9.17, 15) is 4.79 Å². The van der Waals surface area contributed by atoms with E-state index in [2.05, 4.69) is 36.6 Å². The third-order valence-electron chi connectivity index (χ3n) is 4.03. The summed E-state index contributed by atoms with van der Waals surface area (Å²) >= 11 is 0. The second-order valence-electron chi connectivity index (χ2n) is 7.31. The van der Waals surface area contributed by atoms with Gasteiger partial charge in [0.25, 0.3) is 0 Å². The van der Waals surface area contributed by atoms with E-state index in [1.54, 1.807) is 0 Å². The second-order valence-corrected chi connectivity index (χ2v) is 7.31. The maximum atomic E-state index is 11.7. The Hall–Kier alpha value is -1.91. The average Bonchev–Trinajstić information content (AvgIpc) is 2.91. The van der Waals surface area contributed by atoms with E-state index in [4.69, 9.17) is 9.47 Å². The summed E-state index contributed by atoms with van der Waals surface area (Å²) in [4.78, 5) is 11.7. The topological polar surface area (TPSA) is 59.6 Å². The molecule has 0 aromatic heterocycles. The lowest BCUT2D eigenvalue weighted by Crippen LogP contribution is -2.38. The maximum Gasteiger partial charge on any atom is 0.407 e. The molecule has 0 bridgehead atoms. The predicted molar refractivity (Wildman–Crippen MR) is 96.8 cm³/mol. The number of benzene rings is 1. The van der Waals surface area contributed by atoms with Crippen LogP contribution < -0.4 is 15.4 Å². The summed E-state index contributed by atoms with van der Waals surface area (Å²) < 4.78 is 11.1. The molecule has 0 fully saturated rings. The zero-order valence-electron chi connectivity index (χ0n) is 15.4. The highest BCUT2D eigenvalue weighted by atomic mass is 16.6. The quantitative estimate of drug-likeness (QED) is 0.822. The lowest BCUT2D eigenvalue weighted by atomic mass is 10.1. The van der Waals surface area contributed by atoms with Crippen molar-refractivity contribution in [3.63, 3.8) is 0 Å². The Morgan fingerprint density at radius 2 is 2.04 bits per heavy atom. The fraction of sp³-hybridized carbons (Fsp3) is 0.632. The Morgan fingerprint density at radius 3 is 2.67 bits per heavy atom. The van der Waals surface area contributed by atoms with Gasteiger partial charge in [-0.25, -0.2) is 4.79 Å². The van der Waals surface area contributed by atoms with E-state index < -0.39 is 11.7 Å². The van der Waals surface area contributed by atoms with Gasteiger partial charge in [0.15, 0.2) is 0 Å². The van der Waals surface area contributed by atoms with Crippen LogP contribution in [0.4, 0.5) is 10.5 Å². The van der Waals surface area contributed by atoms with Crippen molar-refractivity contribution in [2.75, 3.05) is 11.9 Å². The van der Waals surface area contributed by atoms with Crippen molar-refractivity contribution in [2.45, 2.75) is 71.6 Å². The number of carbonyl (C=O) groups excluding carboxylic acids is 1. The molecule has 1 atom stereocenters.